The summed E-state index contributed by atoms with van der Waals surface area (Å²) >= 11 is 0. The fourth-order valence-corrected chi connectivity index (χ4v) is 2.59. The van der Waals surface area contributed by atoms with Crippen LogP contribution in [0.2, 0.25) is 0 Å². The Kier molecular flexibility index (Phi) is 4.49. The van der Waals surface area contributed by atoms with Gasteiger partial charge in [-0.2, -0.15) is 0 Å². The second-order valence-electron chi connectivity index (χ2n) is 5.62. The van der Waals surface area contributed by atoms with Crippen LogP contribution < -0.4 is 4.74 Å². The Hall–Kier alpha value is -2.82. The van der Waals surface area contributed by atoms with Crippen molar-refractivity contribution in [3.8, 4) is 28.0 Å². The largest absolute Gasteiger partial charge is 0.491 e. The molecule has 0 N–H and O–H groups in total. The van der Waals surface area contributed by atoms with E-state index >= 15 is 0 Å². The maximum absolute atomic E-state index is 13.8. The summed E-state index contributed by atoms with van der Waals surface area (Å²) in [6, 6.07) is 11.4. The van der Waals surface area contributed by atoms with E-state index in [1.807, 2.05) is 0 Å². The third kappa shape index (κ3) is 3.22. The second-order valence-corrected chi connectivity index (χ2v) is 5.62. The molecule has 3 rings (SSSR count). The third-order valence-corrected chi connectivity index (χ3v) is 4.03. The number of methoxy groups -OCH3 is 1. The zero-order valence-electron chi connectivity index (χ0n) is 13.5. The van der Waals surface area contributed by atoms with Gasteiger partial charge in [0, 0.05) is 5.56 Å². The van der Waals surface area contributed by atoms with Crippen LogP contribution in [0.5, 0.6) is 5.75 Å². The van der Waals surface area contributed by atoms with Gasteiger partial charge in [0.2, 0.25) is 0 Å². The lowest BCUT2D eigenvalue weighted by atomic mass is 9.99. The van der Waals surface area contributed by atoms with Gasteiger partial charge in [0.25, 0.3) is 0 Å². The molecule has 0 heterocycles. The Morgan fingerprint density at radius 3 is 1.32 bits per heavy atom. The Bertz CT molecular complexity index is 887. The number of halogens is 4. The van der Waals surface area contributed by atoms with Gasteiger partial charge in [-0.25, -0.2) is 17.6 Å². The lowest BCUT2D eigenvalue weighted by Gasteiger charge is -2.09. The molecule has 0 aliphatic carbocycles. The molecule has 0 unspecified atom stereocenters. The van der Waals surface area contributed by atoms with Crippen LogP contribution in [0.4, 0.5) is 17.6 Å². The lowest BCUT2D eigenvalue weighted by molar-refractivity contribution is 0.360. The normalized spacial score (nSPS) is 10.8. The van der Waals surface area contributed by atoms with E-state index < -0.39 is 29.0 Å². The number of ether oxygens (including phenoxy) is 1. The van der Waals surface area contributed by atoms with Crippen molar-refractivity contribution in [3.63, 3.8) is 0 Å². The number of rotatable bonds is 3. The lowest BCUT2D eigenvalue weighted by Crippen LogP contribution is -1.94. The van der Waals surface area contributed by atoms with Gasteiger partial charge in [-0.15, -0.1) is 0 Å². The summed E-state index contributed by atoms with van der Waals surface area (Å²) in [6.45, 7) is 1.37. The summed E-state index contributed by atoms with van der Waals surface area (Å²) in [4.78, 5) is 0. The number of benzene rings is 3. The van der Waals surface area contributed by atoms with E-state index in [0.29, 0.717) is 22.3 Å². The predicted molar refractivity (Wildman–Crippen MR) is 88.4 cm³/mol. The summed E-state index contributed by atoms with van der Waals surface area (Å²) in [5.74, 6) is -3.30. The van der Waals surface area contributed by atoms with E-state index in [1.165, 1.54) is 38.3 Å². The average molecular weight is 346 g/mol. The van der Waals surface area contributed by atoms with Gasteiger partial charge in [-0.1, -0.05) is 24.3 Å². The molecule has 0 amide bonds. The van der Waals surface area contributed by atoms with Gasteiger partial charge in [0.05, 0.1) is 7.11 Å². The van der Waals surface area contributed by atoms with Gasteiger partial charge in [0.1, 0.15) is 11.6 Å². The van der Waals surface area contributed by atoms with Crippen LogP contribution >= 0.6 is 0 Å². The molecular formula is C20H14F4O. The van der Waals surface area contributed by atoms with Crippen LogP contribution in [0.3, 0.4) is 0 Å². The Balaban J connectivity index is 1.98. The van der Waals surface area contributed by atoms with Gasteiger partial charge in [0.15, 0.2) is 17.4 Å². The molecule has 0 aromatic heterocycles. The van der Waals surface area contributed by atoms with E-state index in [0.717, 1.165) is 0 Å². The monoisotopic (exact) mass is 346 g/mol. The quantitative estimate of drug-likeness (QED) is 0.537. The number of hydrogen-bond acceptors (Lipinski definition) is 1. The molecule has 25 heavy (non-hydrogen) atoms. The molecule has 3 aromatic rings. The molecule has 128 valence electrons. The zero-order valence-corrected chi connectivity index (χ0v) is 13.5. The van der Waals surface area contributed by atoms with E-state index in [4.69, 9.17) is 0 Å². The van der Waals surface area contributed by atoms with Crippen molar-refractivity contribution in [1.29, 1.82) is 0 Å². The minimum absolute atomic E-state index is 0.0375. The van der Waals surface area contributed by atoms with Crippen LogP contribution in [-0.4, -0.2) is 7.11 Å². The Morgan fingerprint density at radius 1 is 0.600 bits per heavy atom. The van der Waals surface area contributed by atoms with E-state index in [2.05, 4.69) is 4.74 Å². The smallest absolute Gasteiger partial charge is 0.190 e. The summed E-state index contributed by atoms with van der Waals surface area (Å²) in [7, 11) is 1.19. The second kappa shape index (κ2) is 6.59. The Morgan fingerprint density at radius 2 is 0.960 bits per heavy atom. The summed E-state index contributed by atoms with van der Waals surface area (Å²) < 4.78 is 59.7. The van der Waals surface area contributed by atoms with Crippen molar-refractivity contribution in [2.24, 2.45) is 0 Å². The fourth-order valence-electron chi connectivity index (χ4n) is 2.59. The highest BCUT2D eigenvalue weighted by Crippen LogP contribution is 2.31. The standard InChI is InChI=1S/C20H14F4O/c1-11-16(21)7-14(8-17(11)22)12-3-5-13(6-4-12)15-9-18(23)20(25-2)19(24)10-15/h3-10H,1-2H3. The third-order valence-electron chi connectivity index (χ3n) is 4.03. The molecular weight excluding hydrogens is 332 g/mol. The molecule has 0 saturated heterocycles. The predicted octanol–water partition coefficient (Wildman–Crippen LogP) is 5.89. The maximum atomic E-state index is 13.8. The molecule has 5 heteroatoms. The summed E-state index contributed by atoms with van der Waals surface area (Å²) in [5.41, 5.74) is 1.85. The van der Waals surface area contributed by atoms with E-state index in [-0.39, 0.29) is 5.56 Å². The molecule has 0 bridgehead atoms. The van der Waals surface area contributed by atoms with Gasteiger partial charge >= 0.3 is 0 Å². The highest BCUT2D eigenvalue weighted by atomic mass is 19.1. The van der Waals surface area contributed by atoms with Crippen molar-refractivity contribution in [2.75, 3.05) is 7.11 Å². The minimum atomic E-state index is -0.802. The van der Waals surface area contributed by atoms with Crippen molar-refractivity contribution in [3.05, 3.63) is 77.4 Å². The van der Waals surface area contributed by atoms with Crippen molar-refractivity contribution in [2.45, 2.75) is 6.92 Å². The highest BCUT2D eigenvalue weighted by Gasteiger charge is 2.13. The molecule has 0 saturated carbocycles. The molecule has 0 aliphatic heterocycles. The molecule has 0 spiro atoms. The first kappa shape index (κ1) is 17.0. The van der Waals surface area contributed by atoms with Crippen LogP contribution in [0.1, 0.15) is 5.56 Å². The molecule has 1 nitrogen and oxygen atoms in total. The average Bonchev–Trinajstić information content (AvgIpc) is 2.59. The molecule has 0 radical (unpaired) electrons. The van der Waals surface area contributed by atoms with Crippen LogP contribution in [0, 0.1) is 30.2 Å². The number of hydrogen-bond donors (Lipinski definition) is 0. The molecule has 3 aromatic carbocycles. The first-order valence-corrected chi connectivity index (χ1v) is 7.50. The van der Waals surface area contributed by atoms with Gasteiger partial charge in [-0.05, 0) is 53.4 Å². The van der Waals surface area contributed by atoms with Crippen LogP contribution in [0.15, 0.2) is 48.5 Å². The van der Waals surface area contributed by atoms with Crippen molar-refractivity contribution < 1.29 is 22.3 Å². The maximum Gasteiger partial charge on any atom is 0.190 e. The topological polar surface area (TPSA) is 9.23 Å². The van der Waals surface area contributed by atoms with Crippen molar-refractivity contribution >= 4 is 0 Å². The SMILES string of the molecule is COc1c(F)cc(-c2ccc(-c3cc(F)c(C)c(F)c3)cc2)cc1F. The molecule has 0 fully saturated rings. The van der Waals surface area contributed by atoms with Gasteiger partial charge in [-0.3, -0.25) is 0 Å². The highest BCUT2D eigenvalue weighted by molar-refractivity contribution is 5.71. The van der Waals surface area contributed by atoms with E-state index in [1.54, 1.807) is 24.3 Å². The summed E-state index contributed by atoms with van der Waals surface area (Å²) in [5, 5.41) is 0. The fraction of sp³-hybridized carbons (Fsp3) is 0.100. The van der Waals surface area contributed by atoms with Crippen LogP contribution in [-0.2, 0) is 0 Å². The summed E-state index contributed by atoms with van der Waals surface area (Å²) in [6.07, 6.45) is 0. The minimum Gasteiger partial charge on any atom is -0.491 e. The van der Waals surface area contributed by atoms with Crippen LogP contribution in [0.25, 0.3) is 22.3 Å². The van der Waals surface area contributed by atoms with Crippen molar-refractivity contribution in [1.82, 2.24) is 0 Å². The first-order valence-electron chi connectivity index (χ1n) is 7.50. The Labute approximate surface area is 142 Å². The zero-order chi connectivity index (χ0) is 18.1. The van der Waals surface area contributed by atoms with E-state index in [9.17, 15) is 17.6 Å². The molecule has 0 atom stereocenters. The molecule has 0 aliphatic rings. The first-order chi connectivity index (χ1) is 11.9. The van der Waals surface area contributed by atoms with Gasteiger partial charge < -0.3 is 4.74 Å².